The zero-order valence-electron chi connectivity index (χ0n) is 8.57. The van der Waals surface area contributed by atoms with Crippen molar-refractivity contribution in [3.8, 4) is 0 Å². The number of halogens is 18. The molecule has 0 rings (SSSR count). The Balaban J connectivity index is -0.0000000675. The van der Waals surface area contributed by atoms with E-state index in [0.29, 0.717) is 0 Å². The van der Waals surface area contributed by atoms with E-state index in [-0.39, 0.29) is 39.0 Å². The van der Waals surface area contributed by atoms with Crippen LogP contribution in [0.1, 0.15) is 0 Å². The van der Waals surface area contributed by atoms with E-state index in [0.717, 1.165) is 0 Å². The topological polar surface area (TPSA) is 0 Å². The van der Waals surface area contributed by atoms with Crippen molar-refractivity contribution in [1.29, 1.82) is 0 Å². The maximum Gasteiger partial charge on any atom is 3.00 e. The Labute approximate surface area is 227 Å². The molecule has 23 heteroatoms. The summed E-state index contributed by atoms with van der Waals surface area (Å²) in [6, 6.07) is 0. The minimum Gasteiger partial charge on any atom is 3.00 e. The number of rotatable bonds is 0. The van der Waals surface area contributed by atoms with Crippen LogP contribution in [0.5, 0.6) is 0 Å². The molecule has 0 aliphatic heterocycles. The first kappa shape index (κ1) is 41.6. The third kappa shape index (κ3) is 350. The molecule has 0 aliphatic carbocycles. The summed E-state index contributed by atoms with van der Waals surface area (Å²) in [6.45, 7) is -15.6. The van der Waals surface area contributed by atoms with Crippen LogP contribution in [0.25, 0.3) is 0 Å². The Bertz CT molecular complexity index is 265. The average Bonchev–Trinajstić information content (AvgIpc) is 1.19. The maximum absolute atomic E-state index is 5.22. The van der Waals surface area contributed by atoms with E-state index >= 15 is 0 Å². The molecular weight excluding hydrogens is 1140 g/mol. The van der Waals surface area contributed by atoms with Crippen molar-refractivity contribution in [3.63, 3.8) is 0 Å². The summed E-state index contributed by atoms with van der Waals surface area (Å²) in [4.78, 5) is 0. The van der Waals surface area contributed by atoms with Crippen molar-refractivity contribution < 1.29 is 58.4 Å². The quantitative estimate of drug-likeness (QED) is 0.212. The van der Waals surface area contributed by atoms with Crippen molar-refractivity contribution in [3.05, 3.63) is 0 Å². The molecule has 0 unspecified atom stereocenters. The van der Waals surface area contributed by atoms with Crippen LogP contribution in [-0.4, -0.2) is 0 Å². The summed E-state index contributed by atoms with van der Waals surface area (Å²) in [5, 5.41) is 0. The molecule has 23 heavy (non-hydrogen) atoms. The first-order chi connectivity index (χ1) is 7.35. The molecule has 166 valence electrons. The fourth-order valence-corrected chi connectivity index (χ4v) is 0. The second-order valence-electron chi connectivity index (χ2n) is 2.27. The molecule has 0 spiro atoms. The van der Waals surface area contributed by atoms with Gasteiger partial charge in [-0.2, -0.15) is 0 Å². The Morgan fingerprint density at radius 1 is 0.217 bits per heavy atom. The average molecular weight is 1140 g/mol. The van der Waals surface area contributed by atoms with Crippen molar-refractivity contribution in [2.24, 2.45) is 0 Å². The molecule has 0 saturated carbocycles. The summed E-state index contributed by atoms with van der Waals surface area (Å²) in [5.41, 5.74) is 0. The van der Waals surface area contributed by atoms with Crippen molar-refractivity contribution >= 4 is 174 Å². The summed E-state index contributed by atoms with van der Waals surface area (Å²) < 4.78 is 0. The number of hydrogen-bond donors (Lipinski definition) is 0. The van der Waals surface area contributed by atoms with E-state index in [1.165, 1.54) is 0 Å². The minimum atomic E-state index is -5.22. The molecule has 0 aliphatic rings. The molecular formula is Cl18Ru5. The van der Waals surface area contributed by atoms with Gasteiger partial charge in [-0.15, -0.1) is 0 Å². The fraction of sp³-hybridized carbons (Fsp3) is 0. The van der Waals surface area contributed by atoms with Gasteiger partial charge in [0.05, 0.1) is 0 Å². The van der Waals surface area contributed by atoms with Gasteiger partial charge in [0.2, 0.25) is 0 Å². The van der Waals surface area contributed by atoms with Crippen LogP contribution in [0.15, 0.2) is 0 Å². The zero-order valence-corrected chi connectivity index (χ0v) is 30.9. The molecule has 0 aromatic rings. The molecule has 0 aromatic heterocycles. The molecule has 0 N–H and O–H groups in total. The maximum atomic E-state index is 5.04. The van der Waals surface area contributed by atoms with Crippen molar-refractivity contribution in [2.45, 2.75) is 0 Å². The van der Waals surface area contributed by atoms with Gasteiger partial charge in [0.25, 0.3) is 0 Å². The zero-order chi connectivity index (χ0) is 19.2. The number of hydrogen-bond acceptors (Lipinski definition) is 0. The van der Waals surface area contributed by atoms with E-state index in [4.69, 9.17) is 174 Å². The summed E-state index contributed by atoms with van der Waals surface area (Å²) in [7, 11) is 90.8. The molecule has 0 fully saturated rings. The first-order valence-electron chi connectivity index (χ1n) is 2.41. The van der Waals surface area contributed by atoms with Crippen molar-refractivity contribution in [1.82, 2.24) is 0 Å². The Morgan fingerprint density at radius 3 is 0.217 bits per heavy atom. The minimum absolute atomic E-state index is 0. The second-order valence-corrected chi connectivity index (χ2v) is 121. The van der Waals surface area contributed by atoms with Crippen LogP contribution in [0, 0.1) is 0 Å². The molecule has 0 aromatic carbocycles. The summed E-state index contributed by atoms with van der Waals surface area (Å²) >= 11 is 0. The first-order valence-corrected chi connectivity index (χ1v) is 42.7. The Hall–Kier alpha value is 8.34. The monoisotopic (exact) mass is 1140 g/mol. The normalized spacial score (nSPS) is 21.1. The van der Waals surface area contributed by atoms with E-state index in [2.05, 4.69) is 0 Å². The summed E-state index contributed by atoms with van der Waals surface area (Å²) in [6.07, 6.45) is 0. The predicted octanol–water partition coefficient (Wildman–Crippen LogP) is 12.4. The van der Waals surface area contributed by atoms with Gasteiger partial charge in [0.1, 0.15) is 0 Å². The molecule has 0 nitrogen and oxygen atoms in total. The Morgan fingerprint density at radius 2 is 0.217 bits per heavy atom. The van der Waals surface area contributed by atoms with Crippen LogP contribution >= 0.6 is 174 Å². The van der Waals surface area contributed by atoms with Gasteiger partial charge < -0.3 is 0 Å². The fourth-order valence-electron chi connectivity index (χ4n) is 0. The van der Waals surface area contributed by atoms with Gasteiger partial charge in [-0.1, -0.05) is 0 Å². The molecule has 2 radical (unpaired) electrons. The van der Waals surface area contributed by atoms with Crippen LogP contribution in [0.2, 0.25) is 0 Å². The van der Waals surface area contributed by atoms with Crippen LogP contribution in [0.4, 0.5) is 0 Å². The Kier molecular flexibility index (Phi) is 16.6. The van der Waals surface area contributed by atoms with Crippen LogP contribution < -0.4 is 0 Å². The van der Waals surface area contributed by atoms with Gasteiger partial charge in [-0.3, -0.25) is 0 Å². The SMILES string of the molecule is [Cl][Ru-2]([Cl])([Cl])([Cl])([Cl])[Cl].[Cl][Ru-2]([Cl])([Cl])([Cl])([Cl])[Cl].[Cl][Ru-2]([Cl])([Cl])([Cl])([Cl])[Cl].[Ru+3].[Ru+3]. The van der Waals surface area contributed by atoms with E-state index in [1.54, 1.807) is 0 Å². The largest absolute Gasteiger partial charge is 3.00 e. The predicted molar refractivity (Wildman–Crippen MR) is 105 cm³/mol. The van der Waals surface area contributed by atoms with Gasteiger partial charge >= 0.3 is 233 Å². The van der Waals surface area contributed by atoms with E-state index < -0.39 is 19.4 Å². The molecule has 0 saturated heterocycles. The van der Waals surface area contributed by atoms with Gasteiger partial charge in [0.15, 0.2) is 0 Å². The third-order valence-electron chi connectivity index (χ3n) is 0. The van der Waals surface area contributed by atoms with E-state index in [9.17, 15) is 0 Å². The van der Waals surface area contributed by atoms with Gasteiger partial charge in [-0.25, -0.2) is 0 Å². The summed E-state index contributed by atoms with van der Waals surface area (Å²) in [5.74, 6) is 0. The van der Waals surface area contributed by atoms with Gasteiger partial charge in [-0.05, 0) is 0 Å². The molecule has 0 bridgehead atoms. The smallest absolute Gasteiger partial charge is 3.00 e. The van der Waals surface area contributed by atoms with Crippen LogP contribution in [-0.2, 0) is 58.4 Å². The molecule has 0 amide bonds. The second kappa shape index (κ2) is 9.18. The third-order valence-corrected chi connectivity index (χ3v) is 0. The van der Waals surface area contributed by atoms with Crippen LogP contribution in [0.3, 0.4) is 0 Å². The standard InChI is InChI=1S/18ClH.5Ru/h18*1H;;;;;/q;;;;;;;;;;;;;;;;;;2*+3;3*+4/p-18. The molecule has 0 atom stereocenters. The van der Waals surface area contributed by atoms with Crippen molar-refractivity contribution in [2.75, 3.05) is 0 Å². The molecule has 0 heterocycles. The van der Waals surface area contributed by atoms with Gasteiger partial charge in [0, 0.05) is 0 Å². The van der Waals surface area contributed by atoms with E-state index in [1.807, 2.05) is 0 Å².